The number of aromatic nitrogens is 2. The Balaban J connectivity index is 1.38. The zero-order chi connectivity index (χ0) is 22.8. The second kappa shape index (κ2) is 9.72. The summed E-state index contributed by atoms with van der Waals surface area (Å²) in [5.74, 6) is 0.627. The molecule has 0 saturated heterocycles. The molecule has 3 N–H and O–H groups in total. The maximum absolute atomic E-state index is 11.0. The molecule has 170 valence electrons. The van der Waals surface area contributed by atoms with E-state index in [0.29, 0.717) is 11.6 Å². The topological polar surface area (TPSA) is 87.1 Å². The molecule has 1 aliphatic rings. The molecular weight excluding hydrogens is 472 g/mol. The predicted octanol–water partition coefficient (Wildman–Crippen LogP) is 6.40. The number of hydrogen-bond acceptors (Lipinski definition) is 6. The van der Waals surface area contributed by atoms with Crippen molar-refractivity contribution < 1.29 is 8.76 Å². The van der Waals surface area contributed by atoms with Crippen molar-refractivity contribution in [2.45, 2.75) is 38.1 Å². The molecule has 5 rings (SSSR count). The molecule has 33 heavy (non-hydrogen) atoms. The number of anilines is 2. The Hall–Kier alpha value is -2.59. The van der Waals surface area contributed by atoms with Crippen molar-refractivity contribution in [2.24, 2.45) is 0 Å². The Morgan fingerprint density at radius 1 is 1.09 bits per heavy atom. The lowest BCUT2D eigenvalue weighted by atomic mass is 10.0. The predicted molar refractivity (Wildman–Crippen MR) is 137 cm³/mol. The van der Waals surface area contributed by atoms with Crippen LogP contribution in [0.5, 0.6) is 0 Å². The van der Waals surface area contributed by atoms with E-state index < -0.39 is 11.3 Å². The lowest BCUT2D eigenvalue weighted by molar-refractivity contribution is 0.570. The minimum Gasteiger partial charge on any atom is -0.353 e. The SMILES string of the molecule is Cc1ccccc1-c1csc(N[C@@H](Cc2ccc(NS(=O)O)cc2)c2csc(C3CC3)n2)n1. The average Bonchev–Trinajstić information content (AvgIpc) is 3.34. The van der Waals surface area contributed by atoms with Crippen LogP contribution in [0.25, 0.3) is 11.3 Å². The summed E-state index contributed by atoms with van der Waals surface area (Å²) in [7, 11) is 0. The molecule has 0 spiro atoms. The van der Waals surface area contributed by atoms with E-state index in [1.165, 1.54) is 23.4 Å². The van der Waals surface area contributed by atoms with Crippen LogP contribution in [0.15, 0.2) is 59.3 Å². The Kier molecular flexibility index (Phi) is 6.55. The van der Waals surface area contributed by atoms with Gasteiger partial charge in [-0.25, -0.2) is 14.2 Å². The van der Waals surface area contributed by atoms with Gasteiger partial charge in [-0.15, -0.1) is 22.7 Å². The van der Waals surface area contributed by atoms with Crippen LogP contribution in [0.4, 0.5) is 10.8 Å². The van der Waals surface area contributed by atoms with Crippen molar-refractivity contribution >= 4 is 44.8 Å². The maximum atomic E-state index is 11.0. The van der Waals surface area contributed by atoms with Crippen molar-refractivity contribution in [3.05, 3.63) is 81.1 Å². The van der Waals surface area contributed by atoms with E-state index in [-0.39, 0.29) is 6.04 Å². The van der Waals surface area contributed by atoms with Crippen LogP contribution in [0.1, 0.15) is 46.6 Å². The number of rotatable bonds is 9. The lowest BCUT2D eigenvalue weighted by Gasteiger charge is -2.17. The summed E-state index contributed by atoms with van der Waals surface area (Å²) in [4.78, 5) is 9.81. The third-order valence-electron chi connectivity index (χ3n) is 5.65. The third-order valence-corrected chi connectivity index (χ3v) is 7.85. The van der Waals surface area contributed by atoms with Gasteiger partial charge in [0.25, 0.3) is 11.3 Å². The zero-order valence-corrected chi connectivity index (χ0v) is 20.5. The molecule has 1 saturated carbocycles. The summed E-state index contributed by atoms with van der Waals surface area (Å²) in [6.07, 6.45) is 3.20. The van der Waals surface area contributed by atoms with Gasteiger partial charge in [-0.2, -0.15) is 0 Å². The van der Waals surface area contributed by atoms with Crippen LogP contribution in [0, 0.1) is 6.92 Å². The molecule has 2 aromatic heterocycles. The van der Waals surface area contributed by atoms with Crippen molar-refractivity contribution in [2.75, 3.05) is 10.0 Å². The van der Waals surface area contributed by atoms with Crippen molar-refractivity contribution in [3.63, 3.8) is 0 Å². The first kappa shape index (κ1) is 22.2. The zero-order valence-electron chi connectivity index (χ0n) is 18.0. The molecular formula is C24H24N4O2S3. The lowest BCUT2D eigenvalue weighted by Crippen LogP contribution is -2.14. The van der Waals surface area contributed by atoms with Crippen LogP contribution in [0.2, 0.25) is 0 Å². The molecule has 2 atom stereocenters. The highest BCUT2D eigenvalue weighted by Gasteiger charge is 2.28. The van der Waals surface area contributed by atoms with Crippen LogP contribution < -0.4 is 10.0 Å². The summed E-state index contributed by atoms with van der Waals surface area (Å²) in [6.45, 7) is 2.10. The smallest absolute Gasteiger partial charge is 0.259 e. The summed E-state index contributed by atoms with van der Waals surface area (Å²) in [5, 5.41) is 9.96. The van der Waals surface area contributed by atoms with Gasteiger partial charge in [-0.3, -0.25) is 9.27 Å². The van der Waals surface area contributed by atoms with Gasteiger partial charge in [-0.05, 0) is 49.4 Å². The molecule has 0 bridgehead atoms. The maximum Gasteiger partial charge on any atom is 0.259 e. The van der Waals surface area contributed by atoms with Gasteiger partial charge in [0.15, 0.2) is 5.13 Å². The number of thiazole rings is 2. The summed E-state index contributed by atoms with van der Waals surface area (Å²) >= 11 is 1.27. The van der Waals surface area contributed by atoms with E-state index in [2.05, 4.69) is 39.9 Å². The fraction of sp³-hybridized carbons (Fsp3) is 0.250. The molecule has 0 amide bonds. The van der Waals surface area contributed by atoms with E-state index >= 15 is 0 Å². The molecule has 1 fully saturated rings. The molecule has 2 aromatic carbocycles. The fourth-order valence-electron chi connectivity index (χ4n) is 3.73. The molecule has 1 aliphatic carbocycles. The van der Waals surface area contributed by atoms with Crippen LogP contribution >= 0.6 is 22.7 Å². The van der Waals surface area contributed by atoms with E-state index in [1.54, 1.807) is 22.7 Å². The summed E-state index contributed by atoms with van der Waals surface area (Å²) in [6, 6.07) is 15.8. The first-order valence-corrected chi connectivity index (χ1v) is 13.6. The summed E-state index contributed by atoms with van der Waals surface area (Å²) < 4.78 is 22.5. The Morgan fingerprint density at radius 2 is 1.88 bits per heavy atom. The number of nitrogens with one attached hydrogen (secondary N) is 2. The second-order valence-electron chi connectivity index (χ2n) is 8.19. The summed E-state index contributed by atoms with van der Waals surface area (Å²) in [5.41, 5.74) is 6.08. The standard InChI is InChI=1S/C24H24N4O2S3/c1-15-4-2-3-5-19(15)21-13-32-24(27-21)26-20(22-14-31-23(25-22)17-8-9-17)12-16-6-10-18(11-7-16)28-33(29)30/h2-7,10-11,13-14,17,20,28H,8-9,12H2,1H3,(H,26,27)(H,29,30)/t20-/m0/s1. The molecule has 1 unspecified atom stereocenters. The number of hydrogen-bond donors (Lipinski definition) is 3. The first-order chi connectivity index (χ1) is 16.0. The molecule has 2 heterocycles. The van der Waals surface area contributed by atoms with Crippen molar-refractivity contribution in [1.29, 1.82) is 0 Å². The normalized spacial score (nSPS) is 15.2. The van der Waals surface area contributed by atoms with Crippen LogP contribution in [-0.2, 0) is 17.7 Å². The number of aryl methyl sites for hydroxylation is 1. The molecule has 9 heteroatoms. The monoisotopic (exact) mass is 496 g/mol. The van der Waals surface area contributed by atoms with Crippen molar-refractivity contribution in [1.82, 2.24) is 9.97 Å². The minimum absolute atomic E-state index is 0.0181. The van der Waals surface area contributed by atoms with Gasteiger partial charge in [-0.1, -0.05) is 36.4 Å². The molecule has 4 aromatic rings. The van der Waals surface area contributed by atoms with Crippen molar-refractivity contribution in [3.8, 4) is 11.3 Å². The quantitative estimate of drug-likeness (QED) is 0.234. The average molecular weight is 497 g/mol. The molecule has 0 radical (unpaired) electrons. The molecule has 0 aliphatic heterocycles. The Morgan fingerprint density at radius 3 is 2.61 bits per heavy atom. The second-order valence-corrected chi connectivity index (χ2v) is 10.6. The van der Waals surface area contributed by atoms with E-state index in [9.17, 15) is 4.21 Å². The number of benzene rings is 2. The largest absolute Gasteiger partial charge is 0.353 e. The highest BCUT2D eigenvalue weighted by molar-refractivity contribution is 7.80. The van der Waals surface area contributed by atoms with Gasteiger partial charge in [0.2, 0.25) is 0 Å². The highest BCUT2D eigenvalue weighted by Crippen LogP contribution is 2.42. The van der Waals surface area contributed by atoms with Gasteiger partial charge < -0.3 is 5.32 Å². The van der Waals surface area contributed by atoms with E-state index in [1.807, 2.05) is 36.4 Å². The van der Waals surface area contributed by atoms with Crippen LogP contribution in [-0.4, -0.2) is 18.7 Å². The minimum atomic E-state index is -2.08. The Bertz CT molecular complexity index is 1260. The number of nitrogens with zero attached hydrogens (tertiary/aromatic N) is 2. The van der Waals surface area contributed by atoms with Gasteiger partial charge in [0.05, 0.1) is 22.4 Å². The Labute approximate surface area is 203 Å². The highest BCUT2D eigenvalue weighted by atomic mass is 32.2. The fourth-order valence-corrected chi connectivity index (χ4v) is 5.87. The molecule has 6 nitrogen and oxygen atoms in total. The first-order valence-electron chi connectivity index (χ1n) is 10.7. The third kappa shape index (κ3) is 5.50. The van der Waals surface area contributed by atoms with Crippen LogP contribution in [0.3, 0.4) is 0 Å². The van der Waals surface area contributed by atoms with E-state index in [4.69, 9.17) is 14.5 Å². The van der Waals surface area contributed by atoms with Gasteiger partial charge >= 0.3 is 0 Å². The van der Waals surface area contributed by atoms with Gasteiger partial charge in [0, 0.05) is 27.9 Å². The van der Waals surface area contributed by atoms with E-state index in [0.717, 1.165) is 34.1 Å². The van der Waals surface area contributed by atoms with Gasteiger partial charge in [0.1, 0.15) is 0 Å².